The summed E-state index contributed by atoms with van der Waals surface area (Å²) >= 11 is 11.4. The summed E-state index contributed by atoms with van der Waals surface area (Å²) < 4.78 is 4.99. The van der Waals surface area contributed by atoms with Crippen LogP contribution in [0.15, 0.2) is 36.5 Å². The van der Waals surface area contributed by atoms with E-state index in [-0.39, 0.29) is 15.7 Å². The maximum atomic E-state index is 11.9. The first-order valence-electron chi connectivity index (χ1n) is 6.07. The number of methoxy groups -OCH3 is 1. The second-order valence-electron chi connectivity index (χ2n) is 4.13. The highest BCUT2D eigenvalue weighted by Gasteiger charge is 2.11. The van der Waals surface area contributed by atoms with Crippen LogP contribution in [0, 0.1) is 0 Å². The number of carbonyl (C=O) groups is 2. The molecular weight excluding hydrogens is 329 g/mol. The van der Waals surface area contributed by atoms with Gasteiger partial charge in [-0.25, -0.2) is 4.98 Å². The van der Waals surface area contributed by atoms with Crippen LogP contribution in [0.25, 0.3) is 0 Å². The van der Waals surface area contributed by atoms with Gasteiger partial charge >= 0.3 is 0 Å². The molecule has 0 saturated heterocycles. The first-order chi connectivity index (χ1) is 10.5. The zero-order chi connectivity index (χ0) is 16.1. The SMILES string of the molecule is COc1ccc(C(=O)NNC(=O)c2cnc(Cl)c(Cl)c2)cc1. The van der Waals surface area contributed by atoms with Crippen molar-refractivity contribution < 1.29 is 14.3 Å². The van der Waals surface area contributed by atoms with E-state index in [1.54, 1.807) is 24.3 Å². The monoisotopic (exact) mass is 339 g/mol. The summed E-state index contributed by atoms with van der Waals surface area (Å²) in [5.74, 6) is -0.403. The summed E-state index contributed by atoms with van der Waals surface area (Å²) in [4.78, 5) is 27.5. The molecule has 0 unspecified atom stereocenters. The van der Waals surface area contributed by atoms with Gasteiger partial charge in [-0.15, -0.1) is 0 Å². The van der Waals surface area contributed by atoms with Gasteiger partial charge < -0.3 is 4.74 Å². The molecule has 0 aliphatic carbocycles. The van der Waals surface area contributed by atoms with Gasteiger partial charge in [-0.1, -0.05) is 23.2 Å². The summed E-state index contributed by atoms with van der Waals surface area (Å²) in [5.41, 5.74) is 5.09. The molecule has 22 heavy (non-hydrogen) atoms. The Bertz CT molecular complexity index is 705. The smallest absolute Gasteiger partial charge is 0.271 e. The molecule has 2 N–H and O–H groups in total. The highest BCUT2D eigenvalue weighted by molar-refractivity contribution is 6.41. The van der Waals surface area contributed by atoms with Crippen LogP contribution >= 0.6 is 23.2 Å². The van der Waals surface area contributed by atoms with E-state index < -0.39 is 11.8 Å². The van der Waals surface area contributed by atoms with Crippen LogP contribution in [0.5, 0.6) is 5.75 Å². The van der Waals surface area contributed by atoms with Crippen molar-refractivity contribution in [2.45, 2.75) is 0 Å². The van der Waals surface area contributed by atoms with Crippen molar-refractivity contribution in [2.75, 3.05) is 7.11 Å². The van der Waals surface area contributed by atoms with E-state index in [9.17, 15) is 9.59 Å². The third kappa shape index (κ3) is 3.87. The van der Waals surface area contributed by atoms with Gasteiger partial charge in [0.2, 0.25) is 0 Å². The van der Waals surface area contributed by atoms with Gasteiger partial charge in [0.05, 0.1) is 17.7 Å². The third-order valence-corrected chi connectivity index (χ3v) is 3.39. The molecule has 0 aliphatic heterocycles. The van der Waals surface area contributed by atoms with E-state index in [0.29, 0.717) is 11.3 Å². The molecule has 0 saturated carbocycles. The van der Waals surface area contributed by atoms with Crippen LogP contribution < -0.4 is 15.6 Å². The molecular formula is C14H11Cl2N3O3. The average Bonchev–Trinajstić information content (AvgIpc) is 2.54. The molecule has 0 aliphatic rings. The van der Waals surface area contributed by atoms with Crippen LogP contribution in [0.4, 0.5) is 0 Å². The Morgan fingerprint density at radius 1 is 1.05 bits per heavy atom. The minimum Gasteiger partial charge on any atom is -0.497 e. The Morgan fingerprint density at radius 2 is 1.64 bits per heavy atom. The zero-order valence-electron chi connectivity index (χ0n) is 11.4. The van der Waals surface area contributed by atoms with Gasteiger partial charge in [0, 0.05) is 11.8 Å². The fourth-order valence-electron chi connectivity index (χ4n) is 1.55. The summed E-state index contributed by atoms with van der Waals surface area (Å²) in [5, 5.41) is 0.247. The Labute approximate surface area is 136 Å². The standard InChI is InChI=1S/C14H11Cl2N3O3/c1-22-10-4-2-8(3-5-10)13(20)18-19-14(21)9-6-11(15)12(16)17-7-9/h2-7H,1H3,(H,18,20)(H,19,21). The molecule has 8 heteroatoms. The predicted molar refractivity (Wildman–Crippen MR) is 82.2 cm³/mol. The maximum absolute atomic E-state index is 11.9. The summed E-state index contributed by atoms with van der Waals surface area (Å²) in [6.45, 7) is 0. The van der Waals surface area contributed by atoms with E-state index in [4.69, 9.17) is 27.9 Å². The summed E-state index contributed by atoms with van der Waals surface area (Å²) in [6.07, 6.45) is 1.25. The first kappa shape index (κ1) is 16.1. The maximum Gasteiger partial charge on any atom is 0.271 e. The van der Waals surface area contributed by atoms with Crippen molar-refractivity contribution in [3.05, 3.63) is 57.8 Å². The summed E-state index contributed by atoms with van der Waals surface area (Å²) in [7, 11) is 1.53. The molecule has 0 bridgehead atoms. The second-order valence-corrected chi connectivity index (χ2v) is 4.90. The molecule has 114 valence electrons. The predicted octanol–water partition coefficient (Wildman–Crippen LogP) is 2.47. The number of hydrogen-bond donors (Lipinski definition) is 2. The molecule has 1 aromatic carbocycles. The van der Waals surface area contributed by atoms with Crippen LogP contribution in [-0.2, 0) is 0 Å². The number of nitrogens with one attached hydrogen (secondary N) is 2. The second kappa shape index (κ2) is 7.11. The number of halogens is 2. The largest absolute Gasteiger partial charge is 0.497 e. The van der Waals surface area contributed by atoms with E-state index in [1.165, 1.54) is 19.4 Å². The van der Waals surface area contributed by atoms with E-state index in [2.05, 4.69) is 15.8 Å². The number of benzene rings is 1. The number of hydrazine groups is 1. The van der Waals surface area contributed by atoms with Crippen molar-refractivity contribution in [3.63, 3.8) is 0 Å². The lowest BCUT2D eigenvalue weighted by Crippen LogP contribution is -2.41. The Morgan fingerprint density at radius 3 is 2.18 bits per heavy atom. The number of nitrogens with zero attached hydrogens (tertiary/aromatic N) is 1. The van der Waals surface area contributed by atoms with E-state index in [1.807, 2.05) is 0 Å². The molecule has 2 rings (SSSR count). The molecule has 1 heterocycles. The Kier molecular flexibility index (Phi) is 5.19. The van der Waals surface area contributed by atoms with Crippen LogP contribution in [0.2, 0.25) is 10.2 Å². The quantitative estimate of drug-likeness (QED) is 0.664. The van der Waals surface area contributed by atoms with Gasteiger partial charge in [0.25, 0.3) is 11.8 Å². The Balaban J connectivity index is 1.97. The molecule has 0 fully saturated rings. The van der Waals surface area contributed by atoms with E-state index in [0.717, 1.165) is 0 Å². The van der Waals surface area contributed by atoms with Crippen LogP contribution in [-0.4, -0.2) is 23.9 Å². The molecule has 0 radical (unpaired) electrons. The Hall–Kier alpha value is -2.31. The number of hydrogen-bond acceptors (Lipinski definition) is 4. The lowest BCUT2D eigenvalue weighted by Gasteiger charge is -2.08. The van der Waals surface area contributed by atoms with Gasteiger partial charge in [0.15, 0.2) is 0 Å². The molecule has 2 aromatic rings. The third-order valence-electron chi connectivity index (χ3n) is 2.70. The minimum atomic E-state index is -0.562. The minimum absolute atomic E-state index is 0.0977. The lowest BCUT2D eigenvalue weighted by molar-refractivity contribution is 0.0846. The van der Waals surface area contributed by atoms with Gasteiger partial charge in [-0.05, 0) is 30.3 Å². The first-order valence-corrected chi connectivity index (χ1v) is 6.82. The number of rotatable bonds is 3. The molecule has 6 nitrogen and oxygen atoms in total. The number of ether oxygens (including phenoxy) is 1. The lowest BCUT2D eigenvalue weighted by atomic mass is 10.2. The molecule has 0 spiro atoms. The van der Waals surface area contributed by atoms with Gasteiger partial charge in [-0.3, -0.25) is 20.4 Å². The molecule has 0 atom stereocenters. The van der Waals surface area contributed by atoms with Gasteiger partial charge in [-0.2, -0.15) is 0 Å². The van der Waals surface area contributed by atoms with Crippen molar-refractivity contribution in [2.24, 2.45) is 0 Å². The topological polar surface area (TPSA) is 80.3 Å². The van der Waals surface area contributed by atoms with Crippen molar-refractivity contribution in [1.29, 1.82) is 0 Å². The van der Waals surface area contributed by atoms with Crippen LogP contribution in [0.3, 0.4) is 0 Å². The number of amides is 2. The zero-order valence-corrected chi connectivity index (χ0v) is 12.9. The fraction of sp³-hybridized carbons (Fsp3) is 0.0714. The van der Waals surface area contributed by atoms with E-state index >= 15 is 0 Å². The number of carbonyl (C=O) groups excluding carboxylic acids is 2. The molecule has 2 amide bonds. The number of aromatic nitrogens is 1. The van der Waals surface area contributed by atoms with Gasteiger partial charge in [0.1, 0.15) is 10.9 Å². The fourth-order valence-corrected chi connectivity index (χ4v) is 1.82. The highest BCUT2D eigenvalue weighted by atomic mass is 35.5. The van der Waals surface area contributed by atoms with Crippen molar-refractivity contribution in [3.8, 4) is 5.75 Å². The normalized spacial score (nSPS) is 9.95. The summed E-state index contributed by atoms with van der Waals surface area (Å²) in [6, 6.07) is 7.77. The highest BCUT2D eigenvalue weighted by Crippen LogP contribution is 2.19. The number of pyridine rings is 1. The van der Waals surface area contributed by atoms with Crippen LogP contribution in [0.1, 0.15) is 20.7 Å². The molecule has 1 aromatic heterocycles. The van der Waals surface area contributed by atoms with Crippen molar-refractivity contribution >= 4 is 35.0 Å². The average molecular weight is 340 g/mol. The van der Waals surface area contributed by atoms with Crippen molar-refractivity contribution in [1.82, 2.24) is 15.8 Å².